The van der Waals surface area contributed by atoms with Crippen LogP contribution in [0.5, 0.6) is 0 Å². The van der Waals surface area contributed by atoms with E-state index in [9.17, 15) is 5.11 Å². The molecule has 0 fully saturated rings. The molecule has 0 bridgehead atoms. The summed E-state index contributed by atoms with van der Waals surface area (Å²) in [6.45, 7) is 17.1. The van der Waals surface area contributed by atoms with E-state index in [4.69, 9.17) is 4.74 Å². The monoisotopic (exact) mass is 259 g/mol. The second kappa shape index (κ2) is 9.76. The molecule has 0 aromatic carbocycles. The van der Waals surface area contributed by atoms with Crippen LogP contribution >= 0.6 is 0 Å². The second-order valence-corrected chi connectivity index (χ2v) is 6.59. The summed E-state index contributed by atoms with van der Waals surface area (Å²) >= 11 is 0. The first-order chi connectivity index (χ1) is 8.31. The van der Waals surface area contributed by atoms with Gasteiger partial charge in [0.05, 0.1) is 12.7 Å². The molecule has 3 heteroatoms. The molecule has 3 nitrogen and oxygen atoms in total. The second-order valence-electron chi connectivity index (χ2n) is 6.59. The first-order valence-electron chi connectivity index (χ1n) is 7.29. The van der Waals surface area contributed by atoms with Crippen molar-refractivity contribution in [2.24, 2.45) is 17.8 Å². The molecule has 0 saturated heterocycles. The van der Waals surface area contributed by atoms with Gasteiger partial charge in [-0.25, -0.2) is 0 Å². The molecule has 1 unspecified atom stereocenters. The molecule has 0 aromatic heterocycles. The van der Waals surface area contributed by atoms with E-state index in [1.165, 1.54) is 0 Å². The lowest BCUT2D eigenvalue weighted by molar-refractivity contribution is 0.00491. The molecule has 0 aliphatic rings. The zero-order valence-corrected chi connectivity index (χ0v) is 13.1. The lowest BCUT2D eigenvalue weighted by atomic mass is 10.1. The summed E-state index contributed by atoms with van der Waals surface area (Å²) in [7, 11) is 0. The number of hydrogen-bond acceptors (Lipinski definition) is 3. The molecule has 1 N–H and O–H groups in total. The van der Waals surface area contributed by atoms with Crippen LogP contribution in [0, 0.1) is 17.8 Å². The third-order valence-electron chi connectivity index (χ3n) is 2.48. The van der Waals surface area contributed by atoms with Gasteiger partial charge in [-0.05, 0) is 17.8 Å². The average molecular weight is 259 g/mol. The van der Waals surface area contributed by atoms with Crippen LogP contribution in [0.1, 0.15) is 41.5 Å². The van der Waals surface area contributed by atoms with Gasteiger partial charge in [0.1, 0.15) is 0 Å². The Morgan fingerprint density at radius 3 is 1.67 bits per heavy atom. The summed E-state index contributed by atoms with van der Waals surface area (Å²) in [6.07, 6.45) is -0.374. The van der Waals surface area contributed by atoms with E-state index in [1.54, 1.807) is 0 Å². The van der Waals surface area contributed by atoms with Crippen LogP contribution in [-0.4, -0.2) is 49.0 Å². The van der Waals surface area contributed by atoms with Gasteiger partial charge in [-0.2, -0.15) is 0 Å². The molecular formula is C15H33NO2. The summed E-state index contributed by atoms with van der Waals surface area (Å²) in [4.78, 5) is 2.35. The number of aliphatic hydroxyl groups excluding tert-OH is 1. The van der Waals surface area contributed by atoms with Gasteiger partial charge in [-0.15, -0.1) is 0 Å². The van der Waals surface area contributed by atoms with Crippen LogP contribution in [-0.2, 0) is 4.74 Å². The van der Waals surface area contributed by atoms with Crippen molar-refractivity contribution in [1.29, 1.82) is 0 Å². The van der Waals surface area contributed by atoms with E-state index in [1.807, 2.05) is 0 Å². The van der Waals surface area contributed by atoms with E-state index in [-0.39, 0.29) is 6.10 Å². The van der Waals surface area contributed by atoms with Crippen LogP contribution in [0.15, 0.2) is 0 Å². The zero-order chi connectivity index (χ0) is 14.1. The fourth-order valence-electron chi connectivity index (χ4n) is 2.05. The third kappa shape index (κ3) is 11.0. The zero-order valence-electron chi connectivity index (χ0n) is 13.1. The summed E-state index contributed by atoms with van der Waals surface area (Å²) in [5.74, 6) is 1.79. The SMILES string of the molecule is CC(C)COCC(O)CN(CC(C)C)CC(C)C. The fourth-order valence-corrected chi connectivity index (χ4v) is 2.05. The van der Waals surface area contributed by atoms with E-state index in [0.717, 1.165) is 19.7 Å². The van der Waals surface area contributed by atoms with Crippen molar-refractivity contribution in [3.63, 3.8) is 0 Å². The van der Waals surface area contributed by atoms with Gasteiger partial charge in [0, 0.05) is 26.2 Å². The van der Waals surface area contributed by atoms with Crippen LogP contribution in [0.2, 0.25) is 0 Å². The number of rotatable bonds is 10. The van der Waals surface area contributed by atoms with Gasteiger partial charge in [0.15, 0.2) is 0 Å². The minimum Gasteiger partial charge on any atom is -0.389 e. The molecule has 110 valence electrons. The van der Waals surface area contributed by atoms with Crippen molar-refractivity contribution in [2.75, 3.05) is 32.8 Å². The normalized spacial score (nSPS) is 14.2. The molecule has 0 radical (unpaired) electrons. The Morgan fingerprint density at radius 2 is 1.28 bits per heavy atom. The lowest BCUT2D eigenvalue weighted by Gasteiger charge is -2.28. The molecule has 0 heterocycles. The molecule has 0 rings (SSSR count). The van der Waals surface area contributed by atoms with Crippen molar-refractivity contribution < 1.29 is 9.84 Å². The molecule has 0 spiro atoms. The molecule has 0 aliphatic carbocycles. The molecule has 1 atom stereocenters. The van der Waals surface area contributed by atoms with Crippen LogP contribution in [0.25, 0.3) is 0 Å². The van der Waals surface area contributed by atoms with Gasteiger partial charge in [-0.1, -0.05) is 41.5 Å². The highest BCUT2D eigenvalue weighted by Gasteiger charge is 2.14. The Hall–Kier alpha value is -0.120. The quantitative estimate of drug-likeness (QED) is 0.654. The molecule has 0 aliphatic heterocycles. The molecule has 18 heavy (non-hydrogen) atoms. The highest BCUT2D eigenvalue weighted by molar-refractivity contribution is 4.67. The summed E-state index contributed by atoms with van der Waals surface area (Å²) in [5, 5.41) is 9.99. The van der Waals surface area contributed by atoms with Crippen molar-refractivity contribution in [2.45, 2.75) is 47.6 Å². The van der Waals surface area contributed by atoms with Gasteiger partial charge in [0.2, 0.25) is 0 Å². The smallest absolute Gasteiger partial charge is 0.0900 e. The first-order valence-corrected chi connectivity index (χ1v) is 7.29. The van der Waals surface area contributed by atoms with E-state index in [2.05, 4.69) is 46.4 Å². The predicted octanol–water partition coefficient (Wildman–Crippen LogP) is 2.63. The Kier molecular flexibility index (Phi) is 9.70. The Morgan fingerprint density at radius 1 is 0.778 bits per heavy atom. The minimum absolute atomic E-state index is 0.374. The molecule has 0 amide bonds. The minimum atomic E-state index is -0.374. The lowest BCUT2D eigenvalue weighted by Crippen LogP contribution is -2.39. The number of aliphatic hydroxyl groups is 1. The van der Waals surface area contributed by atoms with Crippen molar-refractivity contribution in [3.05, 3.63) is 0 Å². The average Bonchev–Trinajstić information content (AvgIpc) is 2.13. The highest BCUT2D eigenvalue weighted by atomic mass is 16.5. The maximum Gasteiger partial charge on any atom is 0.0900 e. The van der Waals surface area contributed by atoms with Gasteiger partial charge in [-0.3, -0.25) is 0 Å². The summed E-state index contributed by atoms with van der Waals surface area (Å²) < 4.78 is 5.49. The topological polar surface area (TPSA) is 32.7 Å². The van der Waals surface area contributed by atoms with E-state index < -0.39 is 0 Å². The summed E-state index contributed by atoms with van der Waals surface area (Å²) in [5.41, 5.74) is 0. The van der Waals surface area contributed by atoms with Gasteiger partial charge < -0.3 is 14.7 Å². The van der Waals surface area contributed by atoms with E-state index in [0.29, 0.717) is 30.9 Å². The molecular weight excluding hydrogens is 226 g/mol. The maximum atomic E-state index is 9.99. The summed E-state index contributed by atoms with van der Waals surface area (Å²) in [6, 6.07) is 0. The largest absolute Gasteiger partial charge is 0.389 e. The van der Waals surface area contributed by atoms with E-state index >= 15 is 0 Å². The Balaban J connectivity index is 3.97. The van der Waals surface area contributed by atoms with Gasteiger partial charge in [0.25, 0.3) is 0 Å². The fraction of sp³-hybridized carbons (Fsp3) is 1.00. The third-order valence-corrected chi connectivity index (χ3v) is 2.48. The Labute approximate surface area is 114 Å². The number of nitrogens with zero attached hydrogens (tertiary/aromatic N) is 1. The molecule has 0 aromatic rings. The number of hydrogen-bond donors (Lipinski definition) is 1. The first kappa shape index (κ1) is 17.9. The Bertz CT molecular complexity index is 183. The maximum absolute atomic E-state index is 9.99. The number of ether oxygens (including phenoxy) is 1. The van der Waals surface area contributed by atoms with Crippen LogP contribution in [0.4, 0.5) is 0 Å². The van der Waals surface area contributed by atoms with Crippen molar-refractivity contribution in [1.82, 2.24) is 4.90 Å². The van der Waals surface area contributed by atoms with Crippen molar-refractivity contribution >= 4 is 0 Å². The van der Waals surface area contributed by atoms with Crippen LogP contribution in [0.3, 0.4) is 0 Å². The van der Waals surface area contributed by atoms with Gasteiger partial charge >= 0.3 is 0 Å². The standard InChI is InChI=1S/C15H33NO2/c1-12(2)7-16(8-13(3)4)9-15(17)11-18-10-14(5)6/h12-15,17H,7-11H2,1-6H3. The highest BCUT2D eigenvalue weighted by Crippen LogP contribution is 2.05. The molecule has 0 saturated carbocycles. The van der Waals surface area contributed by atoms with Crippen molar-refractivity contribution in [3.8, 4) is 0 Å². The van der Waals surface area contributed by atoms with Crippen LogP contribution < -0.4 is 0 Å². The predicted molar refractivity (Wildman–Crippen MR) is 77.8 cm³/mol.